The third-order valence-corrected chi connectivity index (χ3v) is 8.01. The highest BCUT2D eigenvalue weighted by atomic mass is 32.2. The van der Waals surface area contributed by atoms with E-state index in [1.807, 2.05) is 12.1 Å². The van der Waals surface area contributed by atoms with Gasteiger partial charge in [0.1, 0.15) is 5.75 Å². The van der Waals surface area contributed by atoms with E-state index in [1.54, 1.807) is 49.6 Å². The Labute approximate surface area is 159 Å². The van der Waals surface area contributed by atoms with Crippen molar-refractivity contribution in [2.24, 2.45) is 0 Å². The van der Waals surface area contributed by atoms with Crippen LogP contribution in [0, 0.1) is 0 Å². The Kier molecular flexibility index (Phi) is 5.72. The first kappa shape index (κ1) is 19.4. The lowest BCUT2D eigenvalue weighted by Gasteiger charge is -2.28. The molecule has 0 spiro atoms. The summed E-state index contributed by atoms with van der Waals surface area (Å²) in [7, 11) is -2.03. The van der Waals surface area contributed by atoms with E-state index in [-0.39, 0.29) is 10.3 Å². The Balaban J connectivity index is 1.79. The second kappa shape index (κ2) is 7.68. The van der Waals surface area contributed by atoms with Crippen LogP contribution in [0.15, 0.2) is 41.3 Å². The van der Waals surface area contributed by atoms with E-state index in [4.69, 9.17) is 4.74 Å². The van der Waals surface area contributed by atoms with Gasteiger partial charge in [-0.25, -0.2) is 13.1 Å². The van der Waals surface area contributed by atoms with E-state index >= 15 is 0 Å². The number of rotatable bonds is 7. The number of sulfonamides is 1. The Morgan fingerprint density at radius 1 is 1.19 bits per heavy atom. The summed E-state index contributed by atoms with van der Waals surface area (Å²) in [5.74, 6) is 0.625. The van der Waals surface area contributed by atoms with Gasteiger partial charge in [0.25, 0.3) is 0 Å². The van der Waals surface area contributed by atoms with Crippen molar-refractivity contribution in [3.63, 3.8) is 0 Å². The van der Waals surface area contributed by atoms with E-state index in [0.29, 0.717) is 12.3 Å². The molecule has 1 heterocycles. The van der Waals surface area contributed by atoms with Crippen LogP contribution in [0.2, 0.25) is 0 Å². The van der Waals surface area contributed by atoms with Crippen molar-refractivity contribution >= 4 is 21.4 Å². The van der Waals surface area contributed by atoms with E-state index in [9.17, 15) is 13.5 Å². The van der Waals surface area contributed by atoms with Crippen molar-refractivity contribution in [3.05, 3.63) is 46.2 Å². The molecule has 2 aromatic rings. The third kappa shape index (κ3) is 3.96. The van der Waals surface area contributed by atoms with Gasteiger partial charge in [0.05, 0.1) is 18.1 Å². The molecule has 1 saturated carbocycles. The highest BCUT2D eigenvalue weighted by Gasteiger charge is 2.38. The monoisotopic (exact) mass is 395 g/mol. The lowest BCUT2D eigenvalue weighted by molar-refractivity contribution is 0.203. The minimum Gasteiger partial charge on any atom is -0.497 e. The molecule has 1 aromatic carbocycles. The molecule has 3 rings (SSSR count). The van der Waals surface area contributed by atoms with Crippen LogP contribution in [-0.2, 0) is 15.4 Å². The average molecular weight is 396 g/mol. The first-order valence-electron chi connectivity index (χ1n) is 8.78. The van der Waals surface area contributed by atoms with E-state index in [1.165, 1.54) is 0 Å². The Bertz CT molecular complexity index is 835. The molecular formula is C19H25NO4S2. The zero-order valence-electron chi connectivity index (χ0n) is 15.1. The summed E-state index contributed by atoms with van der Waals surface area (Å²) in [6.07, 6.45) is 3.59. The first-order valence-corrected chi connectivity index (χ1v) is 11.1. The molecule has 1 fully saturated rings. The normalized spacial score (nSPS) is 18.0. The second-order valence-corrected chi connectivity index (χ2v) is 9.75. The Morgan fingerprint density at radius 3 is 2.38 bits per heavy atom. The van der Waals surface area contributed by atoms with Gasteiger partial charge >= 0.3 is 0 Å². The summed E-state index contributed by atoms with van der Waals surface area (Å²) in [6.45, 7) is 2.13. The maximum absolute atomic E-state index is 12.7. The molecule has 1 aromatic heterocycles. The van der Waals surface area contributed by atoms with E-state index in [2.05, 4.69) is 4.72 Å². The molecule has 0 bridgehead atoms. The van der Waals surface area contributed by atoms with Gasteiger partial charge < -0.3 is 9.84 Å². The van der Waals surface area contributed by atoms with E-state index < -0.39 is 16.1 Å². The fourth-order valence-electron chi connectivity index (χ4n) is 3.50. The van der Waals surface area contributed by atoms with Gasteiger partial charge in [0.2, 0.25) is 10.0 Å². The summed E-state index contributed by atoms with van der Waals surface area (Å²) in [4.78, 5) is 2.31. The lowest BCUT2D eigenvalue weighted by Crippen LogP contribution is -2.38. The maximum Gasteiger partial charge on any atom is 0.240 e. The largest absolute Gasteiger partial charge is 0.497 e. The molecule has 2 N–H and O–H groups in total. The highest BCUT2D eigenvalue weighted by Crippen LogP contribution is 2.44. The van der Waals surface area contributed by atoms with Crippen molar-refractivity contribution in [3.8, 4) is 5.75 Å². The van der Waals surface area contributed by atoms with Gasteiger partial charge in [-0.1, -0.05) is 12.8 Å². The number of ether oxygens (including phenoxy) is 1. The summed E-state index contributed by atoms with van der Waals surface area (Å²) >= 11 is 1.59. The van der Waals surface area contributed by atoms with Crippen molar-refractivity contribution < 1.29 is 18.3 Å². The fourth-order valence-corrected chi connectivity index (χ4v) is 5.81. The summed E-state index contributed by atoms with van der Waals surface area (Å²) in [6, 6.07) is 10.4. The van der Waals surface area contributed by atoms with Crippen molar-refractivity contribution in [1.29, 1.82) is 0 Å². The zero-order valence-corrected chi connectivity index (χ0v) is 16.7. The molecule has 0 amide bonds. The predicted molar refractivity (Wildman–Crippen MR) is 103 cm³/mol. The average Bonchev–Trinajstić information content (AvgIpc) is 3.30. The molecule has 0 saturated heterocycles. The van der Waals surface area contributed by atoms with Crippen LogP contribution in [0.3, 0.4) is 0 Å². The van der Waals surface area contributed by atoms with Crippen LogP contribution >= 0.6 is 11.3 Å². The molecule has 1 unspecified atom stereocenters. The van der Waals surface area contributed by atoms with Crippen LogP contribution in [0.25, 0.3) is 0 Å². The van der Waals surface area contributed by atoms with Crippen molar-refractivity contribution in [2.45, 2.75) is 49.0 Å². The minimum atomic E-state index is -3.58. The first-order chi connectivity index (χ1) is 12.4. The fraction of sp³-hybridized carbons (Fsp3) is 0.474. The van der Waals surface area contributed by atoms with Crippen LogP contribution in [0.1, 0.15) is 48.5 Å². The number of benzene rings is 1. The number of nitrogens with one attached hydrogen (secondary N) is 1. The minimum absolute atomic E-state index is 0.183. The summed E-state index contributed by atoms with van der Waals surface area (Å²) in [5, 5.41) is 9.80. The zero-order chi connectivity index (χ0) is 18.8. The second-order valence-electron chi connectivity index (χ2n) is 6.87. The van der Waals surface area contributed by atoms with Crippen molar-refractivity contribution in [2.75, 3.05) is 13.7 Å². The SMILES string of the molecule is COc1ccc(S(=O)(=O)NCC2(c3ccc(C(C)O)s3)CCCC2)cc1. The van der Waals surface area contributed by atoms with E-state index in [0.717, 1.165) is 35.4 Å². The van der Waals surface area contributed by atoms with Crippen molar-refractivity contribution in [1.82, 2.24) is 4.72 Å². The predicted octanol–water partition coefficient (Wildman–Crippen LogP) is 3.60. The van der Waals surface area contributed by atoms with Gasteiger partial charge in [0.15, 0.2) is 0 Å². The van der Waals surface area contributed by atoms with Gasteiger partial charge in [-0.3, -0.25) is 0 Å². The third-order valence-electron chi connectivity index (χ3n) is 5.09. The number of thiophene rings is 1. The van der Waals surface area contributed by atoms with Crippen LogP contribution in [0.5, 0.6) is 5.75 Å². The molecular weight excluding hydrogens is 370 g/mol. The quantitative estimate of drug-likeness (QED) is 0.751. The lowest BCUT2D eigenvalue weighted by atomic mass is 9.85. The molecule has 0 radical (unpaired) electrons. The summed E-state index contributed by atoms with van der Waals surface area (Å²) in [5.41, 5.74) is -0.183. The molecule has 5 nitrogen and oxygen atoms in total. The molecule has 1 atom stereocenters. The number of aliphatic hydroxyl groups is 1. The van der Waals surface area contributed by atoms with Gasteiger partial charge in [0, 0.05) is 21.7 Å². The summed E-state index contributed by atoms with van der Waals surface area (Å²) < 4.78 is 33.3. The smallest absolute Gasteiger partial charge is 0.240 e. The topological polar surface area (TPSA) is 75.6 Å². The molecule has 142 valence electrons. The molecule has 26 heavy (non-hydrogen) atoms. The molecule has 1 aliphatic carbocycles. The number of aliphatic hydroxyl groups excluding tert-OH is 1. The number of hydrogen-bond acceptors (Lipinski definition) is 5. The maximum atomic E-state index is 12.7. The molecule has 1 aliphatic rings. The number of methoxy groups -OCH3 is 1. The van der Waals surface area contributed by atoms with Crippen LogP contribution in [-0.4, -0.2) is 27.2 Å². The van der Waals surface area contributed by atoms with Crippen LogP contribution in [0.4, 0.5) is 0 Å². The van der Waals surface area contributed by atoms with Gasteiger partial charge in [-0.2, -0.15) is 0 Å². The number of hydrogen-bond donors (Lipinski definition) is 2. The standard InChI is InChI=1S/C19H25NO4S2/c1-14(21)17-9-10-18(25-17)19(11-3-4-12-19)13-20-26(22,23)16-7-5-15(24-2)6-8-16/h5-10,14,20-21H,3-4,11-13H2,1-2H3. The van der Waals surface area contributed by atoms with Gasteiger partial charge in [-0.05, 0) is 56.2 Å². The Hall–Kier alpha value is -1.41. The molecule has 0 aliphatic heterocycles. The van der Waals surface area contributed by atoms with Gasteiger partial charge in [-0.15, -0.1) is 11.3 Å². The van der Waals surface area contributed by atoms with Crippen LogP contribution < -0.4 is 9.46 Å². The molecule has 7 heteroatoms. The Morgan fingerprint density at radius 2 is 1.85 bits per heavy atom. The highest BCUT2D eigenvalue weighted by molar-refractivity contribution is 7.89.